The molecule has 1 saturated heterocycles. The largest absolute Gasteiger partial charge is 0.452 e. The summed E-state index contributed by atoms with van der Waals surface area (Å²) < 4.78 is 5.33. The summed E-state index contributed by atoms with van der Waals surface area (Å²) in [4.78, 5) is 41.7. The number of thioether (sulfide) groups is 1. The standard InChI is InChI=1S/C23H24N2O4S/c26-21(25-14-11-17-7-1-3-9-19(17)25)15-29-23(28)18-8-2-4-10-20(18)30-16-22(27)24-12-5-6-13-24/h1-4,7-10H,5-6,11-16H2. The highest BCUT2D eigenvalue weighted by atomic mass is 32.2. The fourth-order valence-electron chi connectivity index (χ4n) is 3.84. The molecule has 0 radical (unpaired) electrons. The highest BCUT2D eigenvalue weighted by molar-refractivity contribution is 8.00. The van der Waals surface area contributed by atoms with Crippen LogP contribution in [0.5, 0.6) is 0 Å². The molecule has 2 aliphatic rings. The Labute approximate surface area is 180 Å². The lowest BCUT2D eigenvalue weighted by molar-refractivity contribution is -0.127. The average Bonchev–Trinajstić information content (AvgIpc) is 3.46. The number of ether oxygens (including phenoxy) is 1. The SMILES string of the molecule is O=C(OCC(=O)N1CCc2ccccc21)c1ccccc1SCC(=O)N1CCCC1. The van der Waals surface area contributed by atoms with Crippen molar-refractivity contribution in [3.8, 4) is 0 Å². The lowest BCUT2D eigenvalue weighted by Crippen LogP contribution is -2.33. The van der Waals surface area contributed by atoms with Crippen LogP contribution >= 0.6 is 11.8 Å². The normalized spacial score (nSPS) is 15.2. The van der Waals surface area contributed by atoms with Gasteiger partial charge in [-0.05, 0) is 43.0 Å². The van der Waals surface area contributed by atoms with Gasteiger partial charge >= 0.3 is 5.97 Å². The monoisotopic (exact) mass is 424 g/mol. The topological polar surface area (TPSA) is 66.9 Å². The van der Waals surface area contributed by atoms with Crippen molar-refractivity contribution in [1.29, 1.82) is 0 Å². The minimum absolute atomic E-state index is 0.0866. The van der Waals surface area contributed by atoms with E-state index in [0.29, 0.717) is 17.0 Å². The van der Waals surface area contributed by atoms with Crippen LogP contribution < -0.4 is 4.90 Å². The molecule has 156 valence electrons. The Hall–Kier alpha value is -2.80. The molecule has 2 amide bonds. The van der Waals surface area contributed by atoms with Gasteiger partial charge < -0.3 is 14.5 Å². The van der Waals surface area contributed by atoms with E-state index in [9.17, 15) is 14.4 Å². The Bertz CT molecular complexity index is 956. The molecular weight excluding hydrogens is 400 g/mol. The van der Waals surface area contributed by atoms with Crippen LogP contribution in [0.2, 0.25) is 0 Å². The number of para-hydroxylation sites is 1. The van der Waals surface area contributed by atoms with Crippen LogP contribution in [-0.4, -0.2) is 54.7 Å². The third kappa shape index (κ3) is 4.51. The second kappa shape index (κ2) is 9.34. The number of fused-ring (bicyclic) bond motifs is 1. The van der Waals surface area contributed by atoms with Crippen molar-refractivity contribution in [3.05, 3.63) is 59.7 Å². The highest BCUT2D eigenvalue weighted by Gasteiger charge is 2.25. The molecule has 1 fully saturated rings. The Morgan fingerprint density at radius 2 is 1.63 bits per heavy atom. The quantitative estimate of drug-likeness (QED) is 0.526. The summed E-state index contributed by atoms with van der Waals surface area (Å²) in [5, 5.41) is 0. The number of carbonyl (C=O) groups is 3. The average molecular weight is 425 g/mol. The number of hydrogen-bond acceptors (Lipinski definition) is 5. The first-order valence-corrected chi connectivity index (χ1v) is 11.2. The molecule has 7 heteroatoms. The summed E-state index contributed by atoms with van der Waals surface area (Å²) in [5.41, 5.74) is 2.39. The first kappa shape index (κ1) is 20.5. The van der Waals surface area contributed by atoms with Gasteiger partial charge in [0.05, 0.1) is 11.3 Å². The van der Waals surface area contributed by atoms with Crippen molar-refractivity contribution in [3.63, 3.8) is 0 Å². The van der Waals surface area contributed by atoms with Gasteiger partial charge in [0.15, 0.2) is 6.61 Å². The minimum atomic E-state index is -0.549. The first-order valence-electron chi connectivity index (χ1n) is 10.2. The van der Waals surface area contributed by atoms with Crippen LogP contribution in [-0.2, 0) is 20.7 Å². The number of carbonyl (C=O) groups excluding carboxylic acids is 3. The number of likely N-dealkylation sites (tertiary alicyclic amines) is 1. The van der Waals surface area contributed by atoms with E-state index in [1.165, 1.54) is 11.8 Å². The van der Waals surface area contributed by atoms with Gasteiger partial charge in [0.25, 0.3) is 5.91 Å². The number of rotatable bonds is 6. The lowest BCUT2D eigenvalue weighted by atomic mass is 10.2. The molecule has 0 aliphatic carbocycles. The second-order valence-electron chi connectivity index (χ2n) is 7.37. The summed E-state index contributed by atoms with van der Waals surface area (Å²) in [7, 11) is 0. The van der Waals surface area contributed by atoms with Crippen molar-refractivity contribution in [1.82, 2.24) is 4.90 Å². The van der Waals surface area contributed by atoms with E-state index in [-0.39, 0.29) is 24.2 Å². The molecule has 2 aromatic rings. The van der Waals surface area contributed by atoms with Crippen LogP contribution in [0.25, 0.3) is 0 Å². The molecule has 2 heterocycles. The summed E-state index contributed by atoms with van der Waals surface area (Å²) in [5.74, 6) is -0.410. The Balaban J connectivity index is 1.34. The predicted octanol–water partition coefficient (Wildman–Crippen LogP) is 3.15. The summed E-state index contributed by atoms with van der Waals surface area (Å²) >= 11 is 1.33. The molecule has 0 atom stereocenters. The van der Waals surface area contributed by atoms with Crippen LogP contribution in [0.3, 0.4) is 0 Å². The van der Waals surface area contributed by atoms with Crippen LogP contribution in [0.1, 0.15) is 28.8 Å². The van der Waals surface area contributed by atoms with Crippen LogP contribution in [0.4, 0.5) is 5.69 Å². The second-order valence-corrected chi connectivity index (χ2v) is 8.39. The molecule has 0 unspecified atom stereocenters. The van der Waals surface area contributed by atoms with Crippen molar-refractivity contribution < 1.29 is 19.1 Å². The van der Waals surface area contributed by atoms with E-state index in [2.05, 4.69) is 0 Å². The maximum absolute atomic E-state index is 12.6. The molecule has 0 N–H and O–H groups in total. The minimum Gasteiger partial charge on any atom is -0.452 e. The van der Waals surface area contributed by atoms with Gasteiger partial charge in [-0.2, -0.15) is 0 Å². The van der Waals surface area contributed by atoms with E-state index >= 15 is 0 Å². The fraction of sp³-hybridized carbons (Fsp3) is 0.348. The number of nitrogens with zero attached hydrogens (tertiary/aromatic N) is 2. The molecule has 2 aliphatic heterocycles. The van der Waals surface area contributed by atoms with Gasteiger partial charge in [0, 0.05) is 30.2 Å². The molecule has 0 aromatic heterocycles. The van der Waals surface area contributed by atoms with Crippen molar-refractivity contribution in [2.45, 2.75) is 24.2 Å². The van der Waals surface area contributed by atoms with E-state index in [0.717, 1.165) is 43.6 Å². The van der Waals surface area contributed by atoms with E-state index in [1.807, 2.05) is 35.2 Å². The van der Waals surface area contributed by atoms with E-state index in [1.54, 1.807) is 23.1 Å². The highest BCUT2D eigenvalue weighted by Crippen LogP contribution is 2.28. The zero-order chi connectivity index (χ0) is 20.9. The van der Waals surface area contributed by atoms with Crippen molar-refractivity contribution >= 4 is 35.2 Å². The van der Waals surface area contributed by atoms with E-state index in [4.69, 9.17) is 4.74 Å². The fourth-order valence-corrected chi connectivity index (χ4v) is 4.78. The van der Waals surface area contributed by atoms with Gasteiger partial charge in [-0.25, -0.2) is 4.79 Å². The van der Waals surface area contributed by atoms with Gasteiger partial charge in [0.2, 0.25) is 5.91 Å². The molecule has 30 heavy (non-hydrogen) atoms. The smallest absolute Gasteiger partial charge is 0.339 e. The zero-order valence-corrected chi connectivity index (χ0v) is 17.5. The third-order valence-electron chi connectivity index (χ3n) is 5.43. The number of esters is 1. The Morgan fingerprint density at radius 1 is 0.900 bits per heavy atom. The van der Waals surface area contributed by atoms with E-state index < -0.39 is 5.97 Å². The molecule has 0 saturated carbocycles. The molecular formula is C23H24N2O4S. The maximum atomic E-state index is 12.6. The van der Waals surface area contributed by atoms with Crippen LogP contribution in [0.15, 0.2) is 53.4 Å². The summed E-state index contributed by atoms with van der Waals surface area (Å²) in [6.45, 7) is 1.91. The van der Waals surface area contributed by atoms with Crippen LogP contribution in [0, 0.1) is 0 Å². The van der Waals surface area contributed by atoms with Crippen molar-refractivity contribution in [2.24, 2.45) is 0 Å². The van der Waals surface area contributed by atoms with Gasteiger partial charge in [-0.15, -0.1) is 11.8 Å². The number of benzene rings is 2. The van der Waals surface area contributed by atoms with Crippen molar-refractivity contribution in [2.75, 3.05) is 36.9 Å². The summed E-state index contributed by atoms with van der Waals surface area (Å²) in [6.07, 6.45) is 2.91. The molecule has 0 spiro atoms. The zero-order valence-electron chi connectivity index (χ0n) is 16.7. The Morgan fingerprint density at radius 3 is 2.47 bits per heavy atom. The predicted molar refractivity (Wildman–Crippen MR) is 116 cm³/mol. The van der Waals surface area contributed by atoms with Gasteiger partial charge in [-0.1, -0.05) is 30.3 Å². The maximum Gasteiger partial charge on any atom is 0.339 e. The number of anilines is 1. The summed E-state index contributed by atoms with van der Waals surface area (Å²) in [6, 6.07) is 14.8. The molecule has 4 rings (SSSR count). The lowest BCUT2D eigenvalue weighted by Gasteiger charge is -2.17. The van der Waals surface area contributed by atoms with Gasteiger partial charge in [-0.3, -0.25) is 9.59 Å². The molecule has 6 nitrogen and oxygen atoms in total. The van der Waals surface area contributed by atoms with Gasteiger partial charge in [0.1, 0.15) is 0 Å². The molecule has 0 bridgehead atoms. The number of hydrogen-bond donors (Lipinski definition) is 0. The third-order valence-corrected chi connectivity index (χ3v) is 6.49. The number of amides is 2. The molecule has 2 aromatic carbocycles. The Kier molecular flexibility index (Phi) is 6.38. The first-order chi connectivity index (χ1) is 14.6.